The number of carbonyl (C=O) groups excluding carboxylic acids is 3. The highest BCUT2D eigenvalue weighted by Crippen LogP contribution is 2.29. The number of likely N-dealkylation sites (N-methyl/N-ethyl adjacent to an activating group) is 1. The number of aliphatic carboxylic acids is 1. The number of β-amino-alcohol motifs (C(OH)–C–C–N with tert-alkyl or cyclic N) is 1. The van der Waals surface area contributed by atoms with E-state index in [1.807, 2.05) is 34.6 Å². The average molecular weight is 566 g/mol. The van der Waals surface area contributed by atoms with Crippen molar-refractivity contribution in [2.24, 2.45) is 23.2 Å². The zero-order chi connectivity index (χ0) is 29.9. The number of carboxylic acids is 1. The van der Waals surface area contributed by atoms with Crippen molar-refractivity contribution in [3.05, 3.63) is 0 Å². The van der Waals surface area contributed by atoms with Gasteiger partial charge >= 0.3 is 5.97 Å². The quantitative estimate of drug-likeness (QED) is 0.321. The summed E-state index contributed by atoms with van der Waals surface area (Å²) in [5.74, 6) is -1.51. The molecule has 3 saturated heterocycles. The largest absolute Gasteiger partial charge is 0.480 e. The van der Waals surface area contributed by atoms with E-state index in [1.165, 1.54) is 4.90 Å². The van der Waals surface area contributed by atoms with Crippen molar-refractivity contribution in [1.29, 1.82) is 0 Å². The molecule has 3 fully saturated rings. The number of amides is 3. The molecule has 2 unspecified atom stereocenters. The predicted molar refractivity (Wildman–Crippen MR) is 151 cm³/mol. The minimum absolute atomic E-state index is 0.0221. The highest BCUT2D eigenvalue weighted by Gasteiger charge is 2.45. The van der Waals surface area contributed by atoms with Gasteiger partial charge < -0.3 is 30.6 Å². The van der Waals surface area contributed by atoms with Gasteiger partial charge in [-0.15, -0.1) is 0 Å². The lowest BCUT2D eigenvalue weighted by Crippen LogP contribution is -2.60. The van der Waals surface area contributed by atoms with Crippen molar-refractivity contribution in [2.45, 2.75) is 97.5 Å². The number of piperidine rings is 1. The second-order valence-corrected chi connectivity index (χ2v) is 13.5. The molecule has 3 rings (SSSR count). The Hall–Kier alpha value is -2.24. The SMILES string of the molecule is CC1CCNC[C@@H]1C(=O)N[C@H](C(=O)N(C)[C@H](CN1CCC[C@H]1C(=O)N1CC(O)C[C@H]1C(=O)O)C(C)C)C(C)(C)C. The molecule has 228 valence electrons. The lowest BCUT2D eigenvalue weighted by atomic mass is 9.83. The normalized spacial score (nSPS) is 29.3. The summed E-state index contributed by atoms with van der Waals surface area (Å²) in [6.45, 7) is 14.7. The highest BCUT2D eigenvalue weighted by molar-refractivity contribution is 5.90. The van der Waals surface area contributed by atoms with Crippen LogP contribution < -0.4 is 10.6 Å². The van der Waals surface area contributed by atoms with Crippen molar-refractivity contribution < 1.29 is 29.4 Å². The number of likely N-dealkylation sites (tertiary alicyclic amines) is 2. The van der Waals surface area contributed by atoms with E-state index in [0.717, 1.165) is 19.4 Å². The van der Waals surface area contributed by atoms with Crippen LogP contribution in [0.25, 0.3) is 0 Å². The fourth-order valence-electron chi connectivity index (χ4n) is 6.43. The van der Waals surface area contributed by atoms with Crippen LogP contribution in [0.5, 0.6) is 0 Å². The molecule has 0 radical (unpaired) electrons. The molecule has 0 aliphatic carbocycles. The molecule has 0 saturated carbocycles. The van der Waals surface area contributed by atoms with Gasteiger partial charge in [-0.1, -0.05) is 41.5 Å². The first-order valence-corrected chi connectivity index (χ1v) is 14.9. The smallest absolute Gasteiger partial charge is 0.326 e. The van der Waals surface area contributed by atoms with Crippen molar-refractivity contribution in [3.63, 3.8) is 0 Å². The van der Waals surface area contributed by atoms with Crippen LogP contribution in [0.2, 0.25) is 0 Å². The first-order chi connectivity index (χ1) is 18.6. The van der Waals surface area contributed by atoms with Gasteiger partial charge in [-0.2, -0.15) is 0 Å². The van der Waals surface area contributed by atoms with Gasteiger partial charge in [0.15, 0.2) is 0 Å². The van der Waals surface area contributed by atoms with Crippen LogP contribution in [0.1, 0.15) is 67.2 Å². The summed E-state index contributed by atoms with van der Waals surface area (Å²) < 4.78 is 0. The van der Waals surface area contributed by atoms with Crippen molar-refractivity contribution >= 4 is 23.7 Å². The lowest BCUT2D eigenvalue weighted by molar-refractivity contribution is -0.150. The number of aliphatic hydroxyl groups is 1. The van der Waals surface area contributed by atoms with E-state index < -0.39 is 35.6 Å². The third-order valence-electron chi connectivity index (χ3n) is 9.10. The van der Waals surface area contributed by atoms with Gasteiger partial charge in [0.05, 0.1) is 18.1 Å². The Labute approximate surface area is 239 Å². The van der Waals surface area contributed by atoms with Gasteiger partial charge in [0.1, 0.15) is 12.1 Å². The van der Waals surface area contributed by atoms with Gasteiger partial charge in [0, 0.05) is 39.1 Å². The second-order valence-electron chi connectivity index (χ2n) is 13.5. The number of nitrogens with one attached hydrogen (secondary N) is 2. The molecule has 3 heterocycles. The van der Waals surface area contributed by atoms with Gasteiger partial charge in [-0.3, -0.25) is 19.3 Å². The maximum absolute atomic E-state index is 14.0. The number of rotatable bonds is 9. The molecular weight excluding hydrogens is 514 g/mol. The zero-order valence-corrected chi connectivity index (χ0v) is 25.4. The number of carboxylic acid groups (broad SMARTS) is 1. The van der Waals surface area contributed by atoms with Gasteiger partial charge in [0.25, 0.3) is 0 Å². The standard InChI is InChI=1S/C29H51N5O6/c1-17(2)23(16-33-12-8-9-21(33)26(37)34-15-19(35)13-22(34)28(39)40)32(7)27(38)24(29(4,5)6)31-25(36)20-14-30-11-10-18(20)3/h17-24,30,35H,8-16H2,1-7H3,(H,31,36)(H,39,40)/t18?,19?,20-,21-,22-,23+,24+/m0/s1. The van der Waals surface area contributed by atoms with Crippen LogP contribution in [0.4, 0.5) is 0 Å². The summed E-state index contributed by atoms with van der Waals surface area (Å²) in [4.78, 5) is 57.6. The fourth-order valence-corrected chi connectivity index (χ4v) is 6.43. The van der Waals surface area contributed by atoms with Gasteiger partial charge in [-0.05, 0) is 49.6 Å². The number of nitrogens with zero attached hydrogens (tertiary/aromatic N) is 3. The molecule has 0 aromatic heterocycles. The Balaban J connectivity index is 1.75. The summed E-state index contributed by atoms with van der Waals surface area (Å²) in [6, 6.07) is -2.44. The van der Waals surface area contributed by atoms with Gasteiger partial charge in [-0.25, -0.2) is 4.79 Å². The van der Waals surface area contributed by atoms with Gasteiger partial charge in [0.2, 0.25) is 17.7 Å². The zero-order valence-electron chi connectivity index (χ0n) is 25.4. The fraction of sp³-hybridized carbons (Fsp3) is 0.862. The van der Waals surface area contributed by atoms with E-state index in [4.69, 9.17) is 0 Å². The Morgan fingerprint density at radius 2 is 1.80 bits per heavy atom. The Morgan fingerprint density at radius 3 is 2.38 bits per heavy atom. The minimum Gasteiger partial charge on any atom is -0.480 e. The van der Waals surface area contributed by atoms with Crippen LogP contribution >= 0.6 is 0 Å². The first-order valence-electron chi connectivity index (χ1n) is 14.9. The summed E-state index contributed by atoms with van der Waals surface area (Å²) >= 11 is 0. The van der Waals surface area contributed by atoms with E-state index in [0.29, 0.717) is 26.1 Å². The molecule has 0 aromatic rings. The van der Waals surface area contributed by atoms with E-state index in [2.05, 4.69) is 22.5 Å². The third kappa shape index (κ3) is 7.33. The van der Waals surface area contributed by atoms with E-state index in [-0.39, 0.29) is 54.5 Å². The first kappa shape index (κ1) is 32.3. The molecule has 4 N–H and O–H groups in total. The molecule has 0 spiro atoms. The summed E-state index contributed by atoms with van der Waals surface area (Å²) in [7, 11) is 1.77. The van der Waals surface area contributed by atoms with Crippen molar-refractivity contribution in [3.8, 4) is 0 Å². The lowest BCUT2D eigenvalue weighted by Gasteiger charge is -2.41. The molecule has 3 amide bonds. The Kier molecular flexibility index (Phi) is 10.6. The number of aliphatic hydroxyl groups excluding tert-OH is 1. The average Bonchev–Trinajstić information content (AvgIpc) is 3.50. The molecule has 3 aliphatic rings. The predicted octanol–water partition coefficient (Wildman–Crippen LogP) is 0.757. The molecule has 40 heavy (non-hydrogen) atoms. The van der Waals surface area contributed by atoms with E-state index >= 15 is 0 Å². The molecule has 0 bridgehead atoms. The molecule has 3 aliphatic heterocycles. The van der Waals surface area contributed by atoms with Crippen LogP contribution in [0.3, 0.4) is 0 Å². The Morgan fingerprint density at radius 1 is 1.12 bits per heavy atom. The number of hydrogen-bond acceptors (Lipinski definition) is 7. The molecule has 11 heteroatoms. The molecule has 0 aromatic carbocycles. The summed E-state index contributed by atoms with van der Waals surface area (Å²) in [5.41, 5.74) is -0.511. The van der Waals surface area contributed by atoms with Crippen LogP contribution in [-0.4, -0.2) is 119 Å². The van der Waals surface area contributed by atoms with Crippen LogP contribution in [-0.2, 0) is 19.2 Å². The second kappa shape index (κ2) is 13.2. The maximum Gasteiger partial charge on any atom is 0.326 e. The number of carbonyl (C=O) groups is 4. The van der Waals surface area contributed by atoms with Crippen LogP contribution in [0, 0.1) is 23.2 Å². The third-order valence-corrected chi connectivity index (χ3v) is 9.10. The van der Waals surface area contributed by atoms with Crippen molar-refractivity contribution in [1.82, 2.24) is 25.3 Å². The Bertz CT molecular complexity index is 936. The van der Waals surface area contributed by atoms with E-state index in [1.54, 1.807) is 11.9 Å². The maximum atomic E-state index is 14.0. The van der Waals surface area contributed by atoms with Crippen molar-refractivity contribution in [2.75, 3.05) is 39.8 Å². The molecular formula is C29H51N5O6. The van der Waals surface area contributed by atoms with E-state index in [9.17, 15) is 29.4 Å². The molecule has 11 nitrogen and oxygen atoms in total. The highest BCUT2D eigenvalue weighted by atomic mass is 16.4. The minimum atomic E-state index is -1.10. The number of hydrogen-bond donors (Lipinski definition) is 4. The van der Waals surface area contributed by atoms with Crippen LogP contribution in [0.15, 0.2) is 0 Å². The monoisotopic (exact) mass is 565 g/mol. The summed E-state index contributed by atoms with van der Waals surface area (Å²) in [5, 5.41) is 26.0. The summed E-state index contributed by atoms with van der Waals surface area (Å²) in [6.07, 6.45) is 1.51. The topological polar surface area (TPSA) is 143 Å². The molecule has 7 atom stereocenters.